The highest BCUT2D eigenvalue weighted by Gasteiger charge is 2.15. The number of carbonyl (C=O) groups excluding carboxylic acids is 1. The van der Waals surface area contributed by atoms with Crippen LogP contribution in [0.5, 0.6) is 0 Å². The highest BCUT2D eigenvalue weighted by atomic mass is 35.5. The number of thiazole rings is 1. The van der Waals surface area contributed by atoms with E-state index in [9.17, 15) is 4.79 Å². The molecule has 0 saturated heterocycles. The van der Waals surface area contributed by atoms with Crippen LogP contribution < -0.4 is 5.32 Å². The Bertz CT molecular complexity index is 1460. The van der Waals surface area contributed by atoms with Gasteiger partial charge in [0.1, 0.15) is 11.4 Å². The van der Waals surface area contributed by atoms with Crippen LogP contribution in [0.1, 0.15) is 0 Å². The number of halogens is 1. The summed E-state index contributed by atoms with van der Waals surface area (Å²) in [7, 11) is 0. The zero-order valence-electron chi connectivity index (χ0n) is 18.3. The van der Waals surface area contributed by atoms with Crippen molar-refractivity contribution in [2.75, 3.05) is 11.1 Å². The van der Waals surface area contributed by atoms with Crippen molar-refractivity contribution in [1.29, 1.82) is 0 Å². The lowest BCUT2D eigenvalue weighted by molar-refractivity contribution is -0.113. The summed E-state index contributed by atoms with van der Waals surface area (Å²) in [6.45, 7) is 0. The number of carbonyl (C=O) groups is 1. The van der Waals surface area contributed by atoms with Crippen molar-refractivity contribution in [1.82, 2.24) is 20.2 Å². The molecule has 2 heterocycles. The van der Waals surface area contributed by atoms with Crippen molar-refractivity contribution >= 4 is 45.7 Å². The van der Waals surface area contributed by atoms with Gasteiger partial charge in [-0.3, -0.25) is 4.79 Å². The van der Waals surface area contributed by atoms with E-state index in [0.717, 1.165) is 28.1 Å². The molecule has 9 heteroatoms. The summed E-state index contributed by atoms with van der Waals surface area (Å²) in [5.74, 6) is -0.0752. The highest BCUT2D eigenvalue weighted by Crippen LogP contribution is 2.31. The molecule has 0 atom stereocenters. The smallest absolute Gasteiger partial charge is 0.236 e. The van der Waals surface area contributed by atoms with Crippen molar-refractivity contribution in [2.24, 2.45) is 0 Å². The number of amides is 1. The number of aromatic nitrogens is 4. The summed E-state index contributed by atoms with van der Waals surface area (Å²) in [6, 6.07) is 27.1. The average molecular weight is 516 g/mol. The molecule has 0 saturated carbocycles. The zero-order chi connectivity index (χ0) is 24.0. The van der Waals surface area contributed by atoms with E-state index in [0.29, 0.717) is 21.0 Å². The monoisotopic (exact) mass is 515 g/mol. The predicted molar refractivity (Wildman–Crippen MR) is 143 cm³/mol. The van der Waals surface area contributed by atoms with Crippen molar-refractivity contribution < 1.29 is 4.79 Å². The molecule has 172 valence electrons. The Balaban J connectivity index is 1.30. The van der Waals surface area contributed by atoms with E-state index in [1.807, 2.05) is 90.3 Å². The minimum atomic E-state index is -0.202. The first-order valence-electron chi connectivity index (χ1n) is 10.7. The molecule has 0 fully saturated rings. The number of rotatable bonds is 7. The van der Waals surface area contributed by atoms with Crippen molar-refractivity contribution in [2.45, 2.75) is 5.16 Å². The van der Waals surface area contributed by atoms with Crippen LogP contribution in [0.15, 0.2) is 95.5 Å². The molecule has 6 nitrogen and oxygen atoms in total. The van der Waals surface area contributed by atoms with Crippen molar-refractivity contribution in [3.05, 3.63) is 95.3 Å². The normalized spacial score (nSPS) is 10.8. The Labute approximate surface area is 215 Å². The number of hydrogen-bond acceptors (Lipinski definition) is 7. The quantitative estimate of drug-likeness (QED) is 0.242. The van der Waals surface area contributed by atoms with Crippen molar-refractivity contribution in [3.63, 3.8) is 0 Å². The van der Waals surface area contributed by atoms with E-state index < -0.39 is 0 Å². The fourth-order valence-corrected chi connectivity index (χ4v) is 4.92. The lowest BCUT2D eigenvalue weighted by atomic mass is 10.0. The van der Waals surface area contributed by atoms with E-state index >= 15 is 0 Å². The van der Waals surface area contributed by atoms with Gasteiger partial charge < -0.3 is 5.32 Å². The van der Waals surface area contributed by atoms with Gasteiger partial charge in [-0.05, 0) is 6.07 Å². The van der Waals surface area contributed by atoms with Crippen LogP contribution >= 0.6 is 34.7 Å². The van der Waals surface area contributed by atoms with Gasteiger partial charge in [0, 0.05) is 27.1 Å². The van der Waals surface area contributed by atoms with Crippen LogP contribution in [0.3, 0.4) is 0 Å². The molecule has 1 amide bonds. The summed E-state index contributed by atoms with van der Waals surface area (Å²) in [6.07, 6.45) is 0. The fourth-order valence-electron chi connectivity index (χ4n) is 3.37. The van der Waals surface area contributed by atoms with Gasteiger partial charge in [-0.25, -0.2) is 9.97 Å². The zero-order valence-corrected chi connectivity index (χ0v) is 20.6. The maximum Gasteiger partial charge on any atom is 0.236 e. The lowest BCUT2D eigenvalue weighted by Gasteiger charge is -2.09. The largest absolute Gasteiger partial charge is 0.301 e. The number of thioether (sulfide) groups is 1. The molecule has 0 aliphatic carbocycles. The average Bonchev–Trinajstić information content (AvgIpc) is 3.36. The van der Waals surface area contributed by atoms with Crippen LogP contribution in [0.2, 0.25) is 5.02 Å². The summed E-state index contributed by atoms with van der Waals surface area (Å²) >= 11 is 8.83. The first-order chi connectivity index (χ1) is 17.2. The van der Waals surface area contributed by atoms with E-state index in [-0.39, 0.29) is 11.7 Å². The van der Waals surface area contributed by atoms with Crippen LogP contribution in [0, 0.1) is 0 Å². The number of nitrogens with one attached hydrogen (secondary N) is 1. The molecule has 0 unspecified atom stereocenters. The van der Waals surface area contributed by atoms with Crippen LogP contribution in [-0.4, -0.2) is 31.8 Å². The topological polar surface area (TPSA) is 80.7 Å². The number of anilines is 1. The van der Waals surface area contributed by atoms with Crippen LogP contribution in [0.4, 0.5) is 5.13 Å². The maximum absolute atomic E-state index is 12.6. The molecule has 0 aliphatic rings. The minimum absolute atomic E-state index is 0.127. The number of hydrogen-bond donors (Lipinski definition) is 1. The van der Waals surface area contributed by atoms with E-state index in [4.69, 9.17) is 16.6 Å². The first-order valence-corrected chi connectivity index (χ1v) is 12.9. The highest BCUT2D eigenvalue weighted by molar-refractivity contribution is 7.99. The molecule has 5 aromatic rings. The van der Waals surface area contributed by atoms with E-state index in [2.05, 4.69) is 20.5 Å². The summed E-state index contributed by atoms with van der Waals surface area (Å²) in [4.78, 5) is 21.8. The maximum atomic E-state index is 12.6. The van der Waals surface area contributed by atoms with Gasteiger partial charge in [0.25, 0.3) is 0 Å². The molecule has 0 bridgehead atoms. The first kappa shape index (κ1) is 23.2. The van der Waals surface area contributed by atoms with E-state index in [1.165, 1.54) is 23.1 Å². The molecule has 1 N–H and O–H groups in total. The van der Waals surface area contributed by atoms with Crippen LogP contribution in [0.25, 0.3) is 33.8 Å². The second-order valence-electron chi connectivity index (χ2n) is 7.38. The Kier molecular flexibility index (Phi) is 7.13. The molecule has 0 aliphatic heterocycles. The molecule has 5 rings (SSSR count). The van der Waals surface area contributed by atoms with Gasteiger partial charge in [0.15, 0.2) is 5.13 Å². The number of benzene rings is 3. The lowest BCUT2D eigenvalue weighted by Crippen LogP contribution is -2.14. The Morgan fingerprint density at radius 1 is 0.829 bits per heavy atom. The predicted octanol–water partition coefficient (Wildman–Crippen LogP) is 6.71. The molecule has 3 aromatic carbocycles. The fraction of sp³-hybridized carbons (Fsp3) is 0.0385. The SMILES string of the molecule is O=C(CSc1nnc(-c2ccccc2)c(-c2ccccc2)n1)Nc1nc(-c2ccccc2Cl)cs1. The van der Waals surface area contributed by atoms with E-state index in [1.54, 1.807) is 0 Å². The molecular weight excluding hydrogens is 498 g/mol. The molecule has 0 spiro atoms. The summed E-state index contributed by atoms with van der Waals surface area (Å²) in [5, 5.41) is 15.0. The second kappa shape index (κ2) is 10.8. The van der Waals surface area contributed by atoms with Gasteiger partial charge in [0.05, 0.1) is 11.4 Å². The molecule has 0 radical (unpaired) electrons. The minimum Gasteiger partial charge on any atom is -0.301 e. The summed E-state index contributed by atoms with van der Waals surface area (Å²) in [5.41, 5.74) is 4.83. The third kappa shape index (κ3) is 5.57. The second-order valence-corrected chi connectivity index (χ2v) is 9.59. The van der Waals surface area contributed by atoms with Gasteiger partial charge in [-0.2, -0.15) is 0 Å². The molecule has 2 aromatic heterocycles. The third-order valence-electron chi connectivity index (χ3n) is 4.99. The Hall–Kier alpha value is -3.59. The van der Waals surface area contributed by atoms with Gasteiger partial charge in [-0.1, -0.05) is 102 Å². The molecular formula is C26H18ClN5OS2. The molecule has 35 heavy (non-hydrogen) atoms. The van der Waals surface area contributed by atoms with Gasteiger partial charge in [0.2, 0.25) is 11.1 Å². The standard InChI is InChI=1S/C26H18ClN5OS2/c27-20-14-8-7-13-19(20)21-15-34-25(28-21)29-22(33)16-35-26-30-23(17-9-3-1-4-10-17)24(31-32-26)18-11-5-2-6-12-18/h1-15H,16H2,(H,28,29,33). The summed E-state index contributed by atoms with van der Waals surface area (Å²) < 4.78 is 0. The third-order valence-corrected chi connectivity index (χ3v) is 6.92. The Morgan fingerprint density at radius 2 is 1.49 bits per heavy atom. The number of nitrogens with zero attached hydrogens (tertiary/aromatic N) is 4. The van der Waals surface area contributed by atoms with Gasteiger partial charge >= 0.3 is 0 Å². The van der Waals surface area contributed by atoms with Crippen LogP contribution in [-0.2, 0) is 4.79 Å². The Morgan fingerprint density at radius 3 is 2.20 bits per heavy atom. The van der Waals surface area contributed by atoms with Gasteiger partial charge in [-0.15, -0.1) is 21.5 Å². The van der Waals surface area contributed by atoms with Crippen molar-refractivity contribution in [3.8, 4) is 33.8 Å².